The van der Waals surface area contributed by atoms with Crippen LogP contribution in [0.25, 0.3) is 0 Å². The molecule has 0 aromatic heterocycles. The molecule has 1 atom stereocenters. The van der Waals surface area contributed by atoms with Gasteiger partial charge in [0.25, 0.3) is 0 Å². The lowest BCUT2D eigenvalue weighted by atomic mass is 9.86. The van der Waals surface area contributed by atoms with Gasteiger partial charge in [0.05, 0.1) is 25.2 Å². The topological polar surface area (TPSA) is 32.7 Å². The summed E-state index contributed by atoms with van der Waals surface area (Å²) in [4.78, 5) is 2.41. The van der Waals surface area contributed by atoms with E-state index >= 15 is 0 Å². The number of benzene rings is 1. The lowest BCUT2D eigenvalue weighted by Crippen LogP contribution is -2.53. The van der Waals surface area contributed by atoms with E-state index in [0.29, 0.717) is 19.3 Å². The fourth-order valence-electron chi connectivity index (χ4n) is 3.13. The highest BCUT2D eigenvalue weighted by atomic mass is 19.1. The van der Waals surface area contributed by atoms with Crippen molar-refractivity contribution in [2.24, 2.45) is 5.41 Å². The number of nitrogens with zero attached hydrogens (tertiary/aromatic N) is 1. The van der Waals surface area contributed by atoms with Crippen LogP contribution in [0.2, 0.25) is 0 Å². The Morgan fingerprint density at radius 1 is 1.32 bits per heavy atom. The second-order valence-electron chi connectivity index (χ2n) is 5.83. The monoisotopic (exact) mass is 265 g/mol. The Kier molecular flexibility index (Phi) is 3.56. The molecular formula is C15H20FNO2. The molecule has 3 rings (SSSR count). The average Bonchev–Trinajstić information content (AvgIpc) is 2.83. The standard InChI is InChI=1S/C15H20FNO2/c16-13-5-3-12(4-6-13)14-2-1-7-17(14)8-15(9-18)10-19-11-15/h3-6,14,18H,1-2,7-11H2. The minimum absolute atomic E-state index is 0.0807. The van der Waals surface area contributed by atoms with Crippen LogP contribution in [0, 0.1) is 11.2 Å². The van der Waals surface area contributed by atoms with Crippen molar-refractivity contribution >= 4 is 0 Å². The zero-order valence-corrected chi connectivity index (χ0v) is 11.0. The zero-order chi connectivity index (χ0) is 13.3. The maximum Gasteiger partial charge on any atom is 0.123 e. The highest BCUT2D eigenvalue weighted by molar-refractivity contribution is 5.21. The largest absolute Gasteiger partial charge is 0.396 e. The number of ether oxygens (including phenoxy) is 1. The molecule has 2 aliphatic rings. The van der Waals surface area contributed by atoms with Gasteiger partial charge in [-0.1, -0.05) is 12.1 Å². The van der Waals surface area contributed by atoms with Crippen LogP contribution in [0.15, 0.2) is 24.3 Å². The van der Waals surface area contributed by atoms with Crippen molar-refractivity contribution in [1.82, 2.24) is 4.90 Å². The van der Waals surface area contributed by atoms with Gasteiger partial charge in [-0.05, 0) is 37.1 Å². The number of hydrogen-bond acceptors (Lipinski definition) is 3. The Balaban J connectivity index is 1.72. The molecule has 2 aliphatic heterocycles. The fourth-order valence-corrected chi connectivity index (χ4v) is 3.13. The molecule has 19 heavy (non-hydrogen) atoms. The molecule has 3 nitrogen and oxygen atoms in total. The second kappa shape index (κ2) is 5.19. The smallest absolute Gasteiger partial charge is 0.123 e. The highest BCUT2D eigenvalue weighted by Crippen LogP contribution is 2.37. The molecule has 0 aliphatic carbocycles. The molecule has 4 heteroatoms. The van der Waals surface area contributed by atoms with Gasteiger partial charge in [-0.2, -0.15) is 0 Å². The molecule has 0 saturated carbocycles. The highest BCUT2D eigenvalue weighted by Gasteiger charge is 2.42. The van der Waals surface area contributed by atoms with E-state index in [1.807, 2.05) is 12.1 Å². The van der Waals surface area contributed by atoms with Gasteiger partial charge in [0.15, 0.2) is 0 Å². The third kappa shape index (κ3) is 2.53. The van der Waals surface area contributed by atoms with Crippen LogP contribution in [0.4, 0.5) is 4.39 Å². The normalized spacial score (nSPS) is 26.3. The summed E-state index contributed by atoms with van der Waals surface area (Å²) < 4.78 is 18.3. The molecule has 2 heterocycles. The molecule has 104 valence electrons. The molecule has 0 bridgehead atoms. The summed E-state index contributed by atoms with van der Waals surface area (Å²) in [6.07, 6.45) is 2.26. The molecule has 0 radical (unpaired) electrons. The van der Waals surface area contributed by atoms with E-state index in [1.165, 1.54) is 17.7 Å². The van der Waals surface area contributed by atoms with Crippen LogP contribution in [-0.2, 0) is 4.74 Å². The number of halogens is 1. The molecule has 2 fully saturated rings. The first-order valence-corrected chi connectivity index (χ1v) is 6.91. The molecule has 0 amide bonds. The van der Waals surface area contributed by atoms with E-state index in [1.54, 1.807) is 0 Å². The van der Waals surface area contributed by atoms with Crippen LogP contribution < -0.4 is 0 Å². The van der Waals surface area contributed by atoms with Gasteiger partial charge >= 0.3 is 0 Å². The van der Waals surface area contributed by atoms with Crippen LogP contribution in [0.5, 0.6) is 0 Å². The second-order valence-corrected chi connectivity index (χ2v) is 5.83. The summed E-state index contributed by atoms with van der Waals surface area (Å²) in [6, 6.07) is 7.16. The van der Waals surface area contributed by atoms with Gasteiger partial charge in [0, 0.05) is 12.6 Å². The van der Waals surface area contributed by atoms with Crippen LogP contribution in [0.1, 0.15) is 24.4 Å². The van der Waals surface area contributed by atoms with Crippen molar-refractivity contribution in [3.63, 3.8) is 0 Å². The Morgan fingerprint density at radius 3 is 2.63 bits per heavy atom. The number of aliphatic hydroxyl groups excluding tert-OH is 1. The first kappa shape index (κ1) is 13.0. The van der Waals surface area contributed by atoms with E-state index in [2.05, 4.69) is 4.90 Å². The van der Waals surface area contributed by atoms with Crippen LogP contribution in [0.3, 0.4) is 0 Å². The van der Waals surface area contributed by atoms with Gasteiger partial charge in [0.1, 0.15) is 5.82 Å². The van der Waals surface area contributed by atoms with Crippen molar-refractivity contribution in [2.45, 2.75) is 18.9 Å². The Labute approximate surface area is 113 Å². The molecule has 1 N–H and O–H groups in total. The van der Waals surface area contributed by atoms with Gasteiger partial charge < -0.3 is 9.84 Å². The molecule has 0 spiro atoms. The summed E-state index contributed by atoms with van der Waals surface area (Å²) in [5.74, 6) is -0.187. The maximum absolute atomic E-state index is 13.0. The van der Waals surface area contributed by atoms with Crippen molar-refractivity contribution in [3.8, 4) is 0 Å². The van der Waals surface area contributed by atoms with Crippen LogP contribution >= 0.6 is 0 Å². The van der Waals surface area contributed by atoms with Gasteiger partial charge in [-0.15, -0.1) is 0 Å². The number of likely N-dealkylation sites (tertiary alicyclic amines) is 1. The Hall–Kier alpha value is -0.970. The SMILES string of the molecule is OCC1(CN2CCCC2c2ccc(F)cc2)COC1. The van der Waals surface area contributed by atoms with E-state index < -0.39 is 0 Å². The first-order valence-electron chi connectivity index (χ1n) is 6.91. The van der Waals surface area contributed by atoms with E-state index in [-0.39, 0.29) is 17.8 Å². The minimum atomic E-state index is -0.187. The predicted octanol–water partition coefficient (Wildman–Crippen LogP) is 1.97. The van der Waals surface area contributed by atoms with Gasteiger partial charge in [0.2, 0.25) is 0 Å². The molecule has 1 unspecified atom stereocenters. The quantitative estimate of drug-likeness (QED) is 0.903. The van der Waals surface area contributed by atoms with Gasteiger partial charge in [-0.25, -0.2) is 4.39 Å². The number of aliphatic hydroxyl groups is 1. The summed E-state index contributed by atoms with van der Waals surface area (Å²) in [5.41, 5.74) is 1.09. The number of rotatable bonds is 4. The lowest BCUT2D eigenvalue weighted by Gasteiger charge is -2.43. The maximum atomic E-state index is 13.0. The molecule has 1 aromatic rings. The summed E-state index contributed by atoms with van der Waals surface area (Å²) >= 11 is 0. The van der Waals surface area contributed by atoms with E-state index in [0.717, 1.165) is 25.9 Å². The van der Waals surface area contributed by atoms with Crippen molar-refractivity contribution in [3.05, 3.63) is 35.6 Å². The fraction of sp³-hybridized carbons (Fsp3) is 0.600. The molecular weight excluding hydrogens is 245 g/mol. The van der Waals surface area contributed by atoms with Crippen molar-refractivity contribution in [2.75, 3.05) is 32.9 Å². The minimum Gasteiger partial charge on any atom is -0.396 e. The third-order valence-electron chi connectivity index (χ3n) is 4.31. The third-order valence-corrected chi connectivity index (χ3v) is 4.31. The lowest BCUT2D eigenvalue weighted by molar-refractivity contribution is -0.149. The molecule has 1 aromatic carbocycles. The predicted molar refractivity (Wildman–Crippen MR) is 70.3 cm³/mol. The summed E-state index contributed by atoms with van der Waals surface area (Å²) in [7, 11) is 0. The Morgan fingerprint density at radius 2 is 2.05 bits per heavy atom. The number of hydrogen-bond donors (Lipinski definition) is 1. The summed E-state index contributed by atoms with van der Waals surface area (Å²) in [6.45, 7) is 3.39. The summed E-state index contributed by atoms with van der Waals surface area (Å²) in [5, 5.41) is 9.53. The Bertz CT molecular complexity index is 425. The molecule has 2 saturated heterocycles. The van der Waals surface area contributed by atoms with E-state index in [9.17, 15) is 9.50 Å². The van der Waals surface area contributed by atoms with Crippen LogP contribution in [-0.4, -0.2) is 42.9 Å². The first-order chi connectivity index (χ1) is 9.22. The van der Waals surface area contributed by atoms with Gasteiger partial charge in [-0.3, -0.25) is 4.90 Å². The zero-order valence-electron chi connectivity index (χ0n) is 11.0. The van der Waals surface area contributed by atoms with Crippen molar-refractivity contribution in [1.29, 1.82) is 0 Å². The average molecular weight is 265 g/mol. The van der Waals surface area contributed by atoms with Crippen molar-refractivity contribution < 1.29 is 14.2 Å². The van der Waals surface area contributed by atoms with E-state index in [4.69, 9.17) is 4.74 Å².